The lowest BCUT2D eigenvalue weighted by molar-refractivity contribution is -0.384. The van der Waals surface area contributed by atoms with E-state index in [0.717, 1.165) is 61.2 Å². The summed E-state index contributed by atoms with van der Waals surface area (Å²) in [5.41, 5.74) is 4.51. The number of nitrogens with one attached hydrogen (secondary N) is 2. The summed E-state index contributed by atoms with van der Waals surface area (Å²) in [6.45, 7) is 3.23. The number of hydrogen-bond acceptors (Lipinski definition) is 10. The Morgan fingerprint density at radius 2 is 1.59 bits per heavy atom. The predicted molar refractivity (Wildman–Crippen MR) is 236 cm³/mol. The molecule has 0 radical (unpaired) electrons. The molecule has 0 aliphatic carbocycles. The molecule has 0 bridgehead atoms. The van der Waals surface area contributed by atoms with Crippen LogP contribution in [0.3, 0.4) is 0 Å². The van der Waals surface area contributed by atoms with Crippen LogP contribution in [-0.2, 0) is 16.6 Å². The Morgan fingerprint density at radius 1 is 0.914 bits per heavy atom. The van der Waals surface area contributed by atoms with E-state index >= 15 is 0 Å². The molecule has 0 spiro atoms. The molecule has 1 fully saturated rings. The molecule has 58 heavy (non-hydrogen) atoms. The minimum Gasteiger partial charge on any atom is -0.376 e. The van der Waals surface area contributed by atoms with Crippen molar-refractivity contribution in [1.29, 1.82) is 0 Å². The molecule has 1 aliphatic rings. The maximum atomic E-state index is 13.4. The maximum Gasteiger partial charge on any atom is 0.293 e. The summed E-state index contributed by atoms with van der Waals surface area (Å²) in [4.78, 5) is 32.2. The first kappa shape index (κ1) is 42.7. The van der Waals surface area contributed by atoms with Gasteiger partial charge in [0.15, 0.2) is 0 Å². The van der Waals surface area contributed by atoms with Crippen molar-refractivity contribution >= 4 is 56.4 Å². The molecule has 14 heteroatoms. The van der Waals surface area contributed by atoms with E-state index < -0.39 is 26.5 Å². The number of nitro benzene ring substituents is 1. The third-order valence-electron chi connectivity index (χ3n) is 10.4. The van der Waals surface area contributed by atoms with Gasteiger partial charge in [-0.2, -0.15) is 0 Å². The molecule has 0 aromatic heterocycles. The summed E-state index contributed by atoms with van der Waals surface area (Å²) in [6, 6.07) is 37.0. The van der Waals surface area contributed by atoms with Gasteiger partial charge in [0, 0.05) is 64.7 Å². The lowest BCUT2D eigenvalue weighted by Gasteiger charge is -2.38. The van der Waals surface area contributed by atoms with E-state index in [-0.39, 0.29) is 22.2 Å². The predicted octanol–water partition coefficient (Wildman–Crippen LogP) is 8.66. The fourth-order valence-electron chi connectivity index (χ4n) is 7.09. The van der Waals surface area contributed by atoms with Gasteiger partial charge in [0.25, 0.3) is 21.6 Å². The van der Waals surface area contributed by atoms with Crippen LogP contribution < -0.4 is 14.9 Å². The van der Waals surface area contributed by atoms with Gasteiger partial charge in [-0.25, -0.2) is 13.1 Å². The number of nitro groups is 1. The smallest absolute Gasteiger partial charge is 0.293 e. The molecule has 1 aliphatic heterocycles. The van der Waals surface area contributed by atoms with Gasteiger partial charge < -0.3 is 15.1 Å². The van der Waals surface area contributed by atoms with Crippen LogP contribution in [0.2, 0.25) is 5.02 Å². The standard InChI is InChI=1S/C44H49ClN6O5S2/c1-48(2)26-23-36(31-57-39-10-5-4-6-11-39)46-42-22-21-40(29-43(42)51(53)54)58(55,56)47-44(52)33-15-19-38(20-16-33)50-27-24-37(25-28-50)49(3)30-34-9-7-8-12-41(34)32-13-17-35(45)18-14-32/h4-22,29,36-37,46H,23-28,30-31H2,1-3H3,(H,47,52)/t36-/m0/s1. The second-order valence-electron chi connectivity index (χ2n) is 14.8. The zero-order chi connectivity index (χ0) is 41.2. The van der Waals surface area contributed by atoms with E-state index in [1.54, 1.807) is 23.9 Å². The zero-order valence-corrected chi connectivity index (χ0v) is 35.3. The first-order chi connectivity index (χ1) is 27.9. The molecule has 1 atom stereocenters. The van der Waals surface area contributed by atoms with Gasteiger partial charge in [0.05, 0.1) is 9.82 Å². The van der Waals surface area contributed by atoms with E-state index in [9.17, 15) is 23.3 Å². The van der Waals surface area contributed by atoms with Crippen LogP contribution in [-0.4, -0.2) is 87.7 Å². The van der Waals surface area contributed by atoms with Crippen LogP contribution in [0.25, 0.3) is 11.1 Å². The summed E-state index contributed by atoms with van der Waals surface area (Å²) in [7, 11) is 1.66. The Labute approximate surface area is 350 Å². The molecule has 5 aromatic rings. The minimum atomic E-state index is -4.43. The first-order valence-corrected chi connectivity index (χ1v) is 22.0. The topological polar surface area (TPSA) is 128 Å². The normalized spacial score (nSPS) is 14.1. The Morgan fingerprint density at radius 3 is 2.26 bits per heavy atom. The van der Waals surface area contributed by atoms with Gasteiger partial charge in [0.2, 0.25) is 0 Å². The van der Waals surface area contributed by atoms with E-state index in [2.05, 4.69) is 63.3 Å². The van der Waals surface area contributed by atoms with Gasteiger partial charge in [0.1, 0.15) is 5.69 Å². The number of carbonyl (C=O) groups excluding carboxylic acids is 1. The molecule has 0 unspecified atom stereocenters. The van der Waals surface area contributed by atoms with Crippen molar-refractivity contribution in [3.8, 4) is 11.1 Å². The van der Waals surface area contributed by atoms with Crippen LogP contribution >= 0.6 is 23.4 Å². The number of benzene rings is 5. The zero-order valence-electron chi connectivity index (χ0n) is 32.9. The highest BCUT2D eigenvalue weighted by molar-refractivity contribution is 7.99. The highest BCUT2D eigenvalue weighted by Crippen LogP contribution is 2.31. The molecule has 304 valence electrons. The maximum absolute atomic E-state index is 13.4. The molecule has 1 saturated heterocycles. The summed E-state index contributed by atoms with van der Waals surface area (Å²) >= 11 is 7.77. The van der Waals surface area contributed by atoms with E-state index in [1.165, 1.54) is 23.3 Å². The summed E-state index contributed by atoms with van der Waals surface area (Å²) in [6.07, 6.45) is 2.63. The van der Waals surface area contributed by atoms with Crippen molar-refractivity contribution in [2.24, 2.45) is 0 Å². The van der Waals surface area contributed by atoms with Crippen LogP contribution in [0.4, 0.5) is 17.1 Å². The van der Waals surface area contributed by atoms with Crippen molar-refractivity contribution in [3.05, 3.63) is 148 Å². The Balaban J connectivity index is 1.05. The molecule has 5 aromatic carbocycles. The number of sulfonamides is 1. The average molecular weight is 842 g/mol. The summed E-state index contributed by atoms with van der Waals surface area (Å²) in [5.74, 6) is -0.182. The molecule has 1 amide bonds. The van der Waals surface area contributed by atoms with Crippen LogP contribution in [0.15, 0.2) is 131 Å². The van der Waals surface area contributed by atoms with Gasteiger partial charge in [-0.05, 0) is 124 Å². The molecular weight excluding hydrogens is 792 g/mol. The number of nitrogens with zero attached hydrogens (tertiary/aromatic N) is 4. The van der Waals surface area contributed by atoms with Gasteiger partial charge in [-0.1, -0.05) is 66.2 Å². The number of piperidine rings is 1. The third kappa shape index (κ3) is 11.4. The molecule has 0 saturated carbocycles. The number of hydrogen-bond donors (Lipinski definition) is 2. The number of carbonyl (C=O) groups is 1. The molecule has 1 heterocycles. The average Bonchev–Trinajstić information content (AvgIpc) is 3.22. The fourth-order valence-corrected chi connectivity index (χ4v) is 9.20. The number of amides is 1. The Hall–Kier alpha value is -4.92. The highest BCUT2D eigenvalue weighted by atomic mass is 35.5. The second kappa shape index (κ2) is 19.7. The Kier molecular flexibility index (Phi) is 14.5. The van der Waals surface area contributed by atoms with Crippen molar-refractivity contribution in [2.75, 3.05) is 56.7 Å². The largest absolute Gasteiger partial charge is 0.376 e. The van der Waals surface area contributed by atoms with Gasteiger partial charge >= 0.3 is 0 Å². The molecule has 11 nitrogen and oxygen atoms in total. The van der Waals surface area contributed by atoms with E-state index in [1.807, 2.05) is 73.6 Å². The Bertz CT molecular complexity index is 2270. The van der Waals surface area contributed by atoms with Gasteiger partial charge in [-0.15, -0.1) is 11.8 Å². The van der Waals surface area contributed by atoms with Gasteiger partial charge in [-0.3, -0.25) is 19.8 Å². The van der Waals surface area contributed by atoms with E-state index in [4.69, 9.17) is 11.6 Å². The lowest BCUT2D eigenvalue weighted by atomic mass is 9.97. The number of rotatable bonds is 17. The molecule has 6 rings (SSSR count). The van der Waals surface area contributed by atoms with Crippen molar-refractivity contribution in [2.45, 2.75) is 47.7 Å². The lowest BCUT2D eigenvalue weighted by Crippen LogP contribution is -2.43. The third-order valence-corrected chi connectivity index (χ3v) is 13.1. The van der Waals surface area contributed by atoms with E-state index in [0.29, 0.717) is 23.2 Å². The minimum absolute atomic E-state index is 0.140. The first-order valence-electron chi connectivity index (χ1n) is 19.2. The molecule has 2 N–H and O–H groups in total. The SMILES string of the molecule is CN(C)CC[C@@H](CSc1ccccc1)Nc1ccc(S(=O)(=O)NC(=O)c2ccc(N3CCC(N(C)Cc4ccccc4-c4ccc(Cl)cc4)CC3)cc2)cc1[N+](=O)[O-]. The number of halogens is 1. The monoisotopic (exact) mass is 840 g/mol. The second-order valence-corrected chi connectivity index (χ2v) is 18.0. The summed E-state index contributed by atoms with van der Waals surface area (Å²) in [5, 5.41) is 16.2. The number of thioether (sulfide) groups is 1. The van der Waals surface area contributed by atoms with Crippen molar-refractivity contribution in [3.63, 3.8) is 0 Å². The highest BCUT2D eigenvalue weighted by Gasteiger charge is 2.27. The quantitative estimate of drug-likeness (QED) is 0.0534. The molecular formula is C44H49ClN6O5S2. The fraction of sp³-hybridized carbons (Fsp3) is 0.295. The summed E-state index contributed by atoms with van der Waals surface area (Å²) < 4.78 is 28.9. The van der Waals surface area contributed by atoms with Crippen molar-refractivity contribution < 1.29 is 18.1 Å². The van der Waals surface area contributed by atoms with Crippen LogP contribution in [0.1, 0.15) is 35.2 Å². The number of anilines is 2. The van der Waals surface area contributed by atoms with Crippen molar-refractivity contribution in [1.82, 2.24) is 14.5 Å². The van der Waals surface area contributed by atoms with Crippen LogP contribution in [0.5, 0.6) is 0 Å². The van der Waals surface area contributed by atoms with Crippen LogP contribution in [0, 0.1) is 10.1 Å².